The SMILES string of the molecule is COc1cccc([C@@H]2[C@@H](C/C=C\CCC(=O)O)CCN2S(=O)(=O)c2ccc(F)cc2)c1.[H-].[Na+]. The van der Waals surface area contributed by atoms with Crippen molar-refractivity contribution >= 4 is 16.0 Å². The molecule has 0 unspecified atom stereocenters. The Balaban J connectivity index is 0.00000272. The van der Waals surface area contributed by atoms with Gasteiger partial charge >= 0.3 is 35.5 Å². The largest absolute Gasteiger partial charge is 1.00 e. The molecule has 0 amide bonds. The van der Waals surface area contributed by atoms with Gasteiger partial charge in [-0.2, -0.15) is 4.31 Å². The third-order valence-electron chi connectivity index (χ3n) is 5.46. The van der Waals surface area contributed by atoms with Crippen LogP contribution >= 0.6 is 0 Å². The molecule has 0 aliphatic carbocycles. The molecule has 0 aromatic heterocycles. The van der Waals surface area contributed by atoms with Crippen LogP contribution in [-0.4, -0.2) is 37.5 Å². The number of aliphatic carboxylic acids is 1. The van der Waals surface area contributed by atoms with E-state index in [2.05, 4.69) is 0 Å². The topological polar surface area (TPSA) is 83.9 Å². The summed E-state index contributed by atoms with van der Waals surface area (Å²) in [4.78, 5) is 10.7. The van der Waals surface area contributed by atoms with E-state index in [-0.39, 0.29) is 48.2 Å². The van der Waals surface area contributed by atoms with Crippen molar-refractivity contribution in [2.75, 3.05) is 13.7 Å². The molecular weight excluding hydrogens is 444 g/mol. The molecule has 0 saturated carbocycles. The molecule has 1 fully saturated rings. The van der Waals surface area contributed by atoms with Crippen LogP contribution in [0.2, 0.25) is 0 Å². The van der Waals surface area contributed by atoms with Crippen LogP contribution in [0.15, 0.2) is 65.6 Å². The van der Waals surface area contributed by atoms with Gasteiger partial charge in [0.05, 0.1) is 18.0 Å². The summed E-state index contributed by atoms with van der Waals surface area (Å²) in [6, 6.07) is 11.8. The van der Waals surface area contributed by atoms with Crippen LogP contribution in [0.1, 0.15) is 38.7 Å². The number of ether oxygens (including phenoxy) is 1. The van der Waals surface area contributed by atoms with Crippen molar-refractivity contribution in [3.8, 4) is 5.75 Å². The molecule has 2 aromatic rings. The maximum absolute atomic E-state index is 13.4. The fraction of sp³-hybridized carbons (Fsp3) is 0.348. The minimum Gasteiger partial charge on any atom is -1.00 e. The average molecular weight is 472 g/mol. The summed E-state index contributed by atoms with van der Waals surface area (Å²) in [5.41, 5.74) is 0.825. The monoisotopic (exact) mass is 471 g/mol. The molecule has 0 spiro atoms. The summed E-state index contributed by atoms with van der Waals surface area (Å²) in [5.74, 6) is -0.687. The molecule has 1 aliphatic rings. The first-order valence-corrected chi connectivity index (χ1v) is 11.5. The molecule has 168 valence electrons. The van der Waals surface area contributed by atoms with Crippen molar-refractivity contribution in [1.29, 1.82) is 0 Å². The van der Waals surface area contributed by atoms with Gasteiger partial charge in [0.2, 0.25) is 10.0 Å². The van der Waals surface area contributed by atoms with E-state index in [0.717, 1.165) is 17.7 Å². The number of allylic oxidation sites excluding steroid dienone is 2. The first-order valence-electron chi connectivity index (χ1n) is 10.1. The van der Waals surface area contributed by atoms with E-state index >= 15 is 0 Å². The fourth-order valence-corrected chi connectivity index (χ4v) is 5.63. The number of carboxylic acid groups (broad SMARTS) is 1. The quantitative estimate of drug-likeness (QED) is 0.443. The third kappa shape index (κ3) is 6.42. The number of rotatable bonds is 9. The van der Waals surface area contributed by atoms with Gasteiger partial charge in [-0.25, -0.2) is 12.8 Å². The molecule has 9 heteroatoms. The van der Waals surface area contributed by atoms with Gasteiger partial charge in [0.1, 0.15) is 11.6 Å². The first-order chi connectivity index (χ1) is 14.8. The predicted molar refractivity (Wildman–Crippen MR) is 116 cm³/mol. The van der Waals surface area contributed by atoms with E-state index < -0.39 is 27.9 Å². The van der Waals surface area contributed by atoms with Crippen molar-refractivity contribution in [3.05, 3.63) is 72.1 Å². The van der Waals surface area contributed by atoms with Crippen LogP contribution in [-0.2, 0) is 14.8 Å². The van der Waals surface area contributed by atoms with E-state index in [4.69, 9.17) is 9.84 Å². The second kappa shape index (κ2) is 12.0. The van der Waals surface area contributed by atoms with Crippen molar-refractivity contribution in [2.45, 2.75) is 36.6 Å². The summed E-state index contributed by atoms with van der Waals surface area (Å²) in [6.45, 7) is 0.342. The van der Waals surface area contributed by atoms with Gasteiger partial charge in [0.15, 0.2) is 0 Å². The summed E-state index contributed by atoms with van der Waals surface area (Å²) in [6.07, 6.45) is 5.53. The second-order valence-electron chi connectivity index (χ2n) is 7.48. The molecule has 0 bridgehead atoms. The van der Waals surface area contributed by atoms with Crippen LogP contribution in [0.3, 0.4) is 0 Å². The first kappa shape index (κ1) is 26.5. The van der Waals surface area contributed by atoms with Crippen molar-refractivity contribution < 1.29 is 58.4 Å². The second-order valence-corrected chi connectivity index (χ2v) is 9.37. The van der Waals surface area contributed by atoms with Gasteiger partial charge in [-0.05, 0) is 67.1 Å². The van der Waals surface area contributed by atoms with Crippen molar-refractivity contribution in [3.63, 3.8) is 0 Å². The van der Waals surface area contributed by atoms with E-state index in [9.17, 15) is 17.6 Å². The number of halogens is 1. The number of benzene rings is 2. The molecule has 3 rings (SSSR count). The molecule has 0 radical (unpaired) electrons. The molecule has 2 atom stereocenters. The average Bonchev–Trinajstić information content (AvgIpc) is 3.18. The normalized spacial score (nSPS) is 19.1. The van der Waals surface area contributed by atoms with Gasteiger partial charge in [0.25, 0.3) is 0 Å². The predicted octanol–water partition coefficient (Wildman–Crippen LogP) is 1.51. The maximum Gasteiger partial charge on any atom is 1.00 e. The molecule has 32 heavy (non-hydrogen) atoms. The van der Waals surface area contributed by atoms with Gasteiger partial charge in [-0.3, -0.25) is 4.79 Å². The number of sulfonamides is 1. The van der Waals surface area contributed by atoms with Crippen LogP contribution in [0, 0.1) is 11.7 Å². The van der Waals surface area contributed by atoms with Crippen LogP contribution < -0.4 is 34.3 Å². The maximum atomic E-state index is 13.4. The number of nitrogens with zero attached hydrogens (tertiary/aromatic N) is 1. The molecule has 1 saturated heterocycles. The van der Waals surface area contributed by atoms with E-state index in [1.165, 1.54) is 16.4 Å². The summed E-state index contributed by atoms with van der Waals surface area (Å²) in [5, 5.41) is 8.77. The van der Waals surface area contributed by atoms with Gasteiger partial charge in [0, 0.05) is 13.0 Å². The Hall–Kier alpha value is -1.71. The zero-order valence-electron chi connectivity index (χ0n) is 19.3. The number of hydrogen-bond donors (Lipinski definition) is 1. The third-order valence-corrected chi connectivity index (χ3v) is 7.36. The minimum absolute atomic E-state index is 0. The summed E-state index contributed by atoms with van der Waals surface area (Å²) in [7, 11) is -2.27. The van der Waals surface area contributed by atoms with Gasteiger partial charge in [-0.1, -0.05) is 24.3 Å². The molecule has 1 N–H and O–H groups in total. The number of hydrogen-bond acceptors (Lipinski definition) is 4. The Bertz CT molecular complexity index is 1050. The molecule has 2 aromatic carbocycles. The Morgan fingerprint density at radius 2 is 1.97 bits per heavy atom. The van der Waals surface area contributed by atoms with Crippen molar-refractivity contribution in [1.82, 2.24) is 4.31 Å². The smallest absolute Gasteiger partial charge is 1.00 e. The number of carboxylic acids is 1. The van der Waals surface area contributed by atoms with Gasteiger partial charge < -0.3 is 11.3 Å². The van der Waals surface area contributed by atoms with E-state index in [0.29, 0.717) is 31.6 Å². The fourth-order valence-electron chi connectivity index (χ4n) is 3.94. The minimum atomic E-state index is -3.83. The van der Waals surface area contributed by atoms with Crippen LogP contribution in [0.25, 0.3) is 0 Å². The van der Waals surface area contributed by atoms with Crippen LogP contribution in [0.5, 0.6) is 5.75 Å². The van der Waals surface area contributed by atoms with E-state index in [1.54, 1.807) is 13.2 Å². The number of methoxy groups -OCH3 is 1. The molecule has 1 heterocycles. The Morgan fingerprint density at radius 3 is 2.62 bits per heavy atom. The molecular formula is C23H27FNNaO5S. The van der Waals surface area contributed by atoms with Crippen molar-refractivity contribution in [2.24, 2.45) is 5.92 Å². The van der Waals surface area contributed by atoms with Crippen LogP contribution in [0.4, 0.5) is 4.39 Å². The standard InChI is InChI=1S/C23H26FNO5S.Na.H/c1-30-20-8-5-7-18(16-20)23-17(6-3-2-4-9-22(26)27)14-15-25(23)31(28,29)21-12-10-19(24)11-13-21;;/h2-3,5,7-8,10-13,16-17,23H,4,6,9,14-15H2,1H3,(H,26,27);;/q;+1;-1/b3-2-;;/t17-,23-;;/m0../s1. The molecule has 1 aliphatic heterocycles. The Labute approximate surface area is 211 Å². The van der Waals surface area contributed by atoms with Gasteiger partial charge in [-0.15, -0.1) is 0 Å². The Morgan fingerprint density at radius 1 is 1.25 bits per heavy atom. The summed E-state index contributed by atoms with van der Waals surface area (Å²) >= 11 is 0. The zero-order valence-corrected chi connectivity index (χ0v) is 21.1. The Kier molecular flexibility index (Phi) is 9.91. The van der Waals surface area contributed by atoms with E-state index in [1.807, 2.05) is 30.4 Å². The molecule has 6 nitrogen and oxygen atoms in total. The number of carbonyl (C=O) groups is 1. The summed E-state index contributed by atoms with van der Waals surface area (Å²) < 4.78 is 46.9. The zero-order chi connectivity index (χ0) is 22.4.